The molecular formula is C23H27BrN2O4. The minimum Gasteiger partial charge on any atom is -0.507 e. The number of nitrogens with zero attached hydrogens (tertiary/aromatic N) is 2. The molecule has 1 aliphatic rings. The van der Waals surface area contributed by atoms with E-state index in [0.717, 1.165) is 36.2 Å². The van der Waals surface area contributed by atoms with Crippen molar-refractivity contribution in [2.75, 3.05) is 47.4 Å². The molecule has 0 unspecified atom stereocenters. The van der Waals surface area contributed by atoms with Crippen molar-refractivity contribution in [2.24, 2.45) is 0 Å². The van der Waals surface area contributed by atoms with Crippen LogP contribution in [-0.2, 0) is 6.54 Å². The lowest BCUT2D eigenvalue weighted by atomic mass is 10.0. The average molecular weight is 475 g/mol. The number of benzene rings is 2. The Morgan fingerprint density at radius 2 is 1.83 bits per heavy atom. The van der Waals surface area contributed by atoms with Crippen molar-refractivity contribution < 1.29 is 19.4 Å². The van der Waals surface area contributed by atoms with E-state index in [9.17, 15) is 9.90 Å². The van der Waals surface area contributed by atoms with Gasteiger partial charge in [0.25, 0.3) is 0 Å². The van der Waals surface area contributed by atoms with Crippen molar-refractivity contribution in [3.63, 3.8) is 0 Å². The van der Waals surface area contributed by atoms with Crippen molar-refractivity contribution in [1.29, 1.82) is 0 Å². The van der Waals surface area contributed by atoms with Crippen molar-refractivity contribution in [2.45, 2.75) is 6.54 Å². The molecule has 0 atom stereocenters. The molecule has 3 rings (SSSR count). The van der Waals surface area contributed by atoms with Crippen molar-refractivity contribution >= 4 is 27.8 Å². The van der Waals surface area contributed by atoms with E-state index in [0.29, 0.717) is 17.9 Å². The maximum Gasteiger partial charge on any atom is 0.193 e. The van der Waals surface area contributed by atoms with Gasteiger partial charge in [-0.2, -0.15) is 0 Å². The number of phenolic OH excluding ortho intramolecular Hbond substituents is 1. The monoisotopic (exact) mass is 474 g/mol. The Morgan fingerprint density at radius 3 is 2.47 bits per heavy atom. The van der Waals surface area contributed by atoms with Crippen LogP contribution in [0.2, 0.25) is 0 Å². The fourth-order valence-electron chi connectivity index (χ4n) is 3.49. The van der Waals surface area contributed by atoms with E-state index in [1.165, 1.54) is 13.2 Å². The summed E-state index contributed by atoms with van der Waals surface area (Å²) < 4.78 is 11.8. The standard InChI is InChI=1S/C23H27BrN2O4/c1-25-9-11-26(12-10-25)15-18-20(29-2)14-21(30-3)22(23(18)28)19(27)8-7-16-5-4-6-17(24)13-16/h4-8,13-14,28H,9-12,15H2,1-3H3/b8-7+. The number of rotatable bonds is 7. The first-order valence-electron chi connectivity index (χ1n) is 9.78. The molecular weight excluding hydrogens is 448 g/mol. The number of carbonyl (C=O) groups excluding carboxylic acids is 1. The van der Waals surface area contributed by atoms with Gasteiger partial charge in [0.2, 0.25) is 0 Å². The van der Waals surface area contributed by atoms with Crippen LogP contribution in [0, 0.1) is 0 Å². The molecule has 1 aliphatic heterocycles. The number of piperazine rings is 1. The molecule has 1 saturated heterocycles. The summed E-state index contributed by atoms with van der Waals surface area (Å²) in [5.74, 6) is 0.381. The maximum atomic E-state index is 13.0. The third-order valence-corrected chi connectivity index (χ3v) is 5.76. The number of methoxy groups -OCH3 is 2. The van der Waals surface area contributed by atoms with Crippen LogP contribution in [0.4, 0.5) is 0 Å². The molecule has 0 spiro atoms. The molecule has 0 aromatic heterocycles. The topological polar surface area (TPSA) is 62.2 Å². The lowest BCUT2D eigenvalue weighted by Crippen LogP contribution is -2.43. The van der Waals surface area contributed by atoms with Gasteiger partial charge in [-0.25, -0.2) is 0 Å². The first-order chi connectivity index (χ1) is 14.4. The van der Waals surface area contributed by atoms with Gasteiger partial charge in [-0.1, -0.05) is 34.1 Å². The zero-order valence-corrected chi connectivity index (χ0v) is 19.1. The largest absolute Gasteiger partial charge is 0.507 e. The molecule has 0 amide bonds. The highest BCUT2D eigenvalue weighted by Crippen LogP contribution is 2.40. The van der Waals surface area contributed by atoms with Gasteiger partial charge in [-0.05, 0) is 30.8 Å². The van der Waals surface area contributed by atoms with Gasteiger partial charge in [-0.3, -0.25) is 9.69 Å². The SMILES string of the molecule is COc1cc(OC)c(C(=O)/C=C/c2cccc(Br)c2)c(O)c1CN1CCN(C)CC1. The van der Waals surface area contributed by atoms with Crippen molar-refractivity contribution in [3.05, 3.63) is 57.6 Å². The number of ketones is 1. The lowest BCUT2D eigenvalue weighted by molar-refractivity contribution is 0.104. The van der Waals surface area contributed by atoms with E-state index >= 15 is 0 Å². The quantitative estimate of drug-likeness (QED) is 0.486. The molecule has 0 bridgehead atoms. The van der Waals surface area contributed by atoms with E-state index in [1.807, 2.05) is 24.3 Å². The van der Waals surface area contributed by atoms with Crippen molar-refractivity contribution in [3.8, 4) is 17.2 Å². The first-order valence-corrected chi connectivity index (χ1v) is 10.6. The van der Waals surface area contributed by atoms with Gasteiger partial charge >= 0.3 is 0 Å². The van der Waals surface area contributed by atoms with E-state index in [4.69, 9.17) is 9.47 Å². The Hall–Kier alpha value is -2.35. The number of hydrogen-bond donors (Lipinski definition) is 1. The average Bonchev–Trinajstić information content (AvgIpc) is 2.74. The third-order valence-electron chi connectivity index (χ3n) is 5.27. The van der Waals surface area contributed by atoms with Gasteiger partial charge in [0.15, 0.2) is 5.78 Å². The van der Waals surface area contributed by atoms with Crippen LogP contribution in [-0.4, -0.2) is 68.1 Å². The van der Waals surface area contributed by atoms with Crippen LogP contribution in [0.3, 0.4) is 0 Å². The van der Waals surface area contributed by atoms with E-state index in [-0.39, 0.29) is 22.8 Å². The Bertz CT molecular complexity index is 937. The number of allylic oxidation sites excluding steroid dienone is 1. The van der Waals surface area contributed by atoms with Crippen LogP contribution in [0.5, 0.6) is 17.2 Å². The molecule has 1 fully saturated rings. The van der Waals surface area contributed by atoms with E-state index in [1.54, 1.807) is 19.3 Å². The Kier molecular flexibility index (Phi) is 7.53. The van der Waals surface area contributed by atoms with Crippen LogP contribution in [0.1, 0.15) is 21.5 Å². The van der Waals surface area contributed by atoms with Crippen LogP contribution >= 0.6 is 15.9 Å². The normalized spacial score (nSPS) is 15.5. The van der Waals surface area contributed by atoms with Gasteiger partial charge in [0, 0.05) is 43.3 Å². The predicted octanol–water partition coefficient (Wildman–Crippen LogP) is 3.82. The highest BCUT2D eigenvalue weighted by atomic mass is 79.9. The first kappa shape index (κ1) is 22.3. The summed E-state index contributed by atoms with van der Waals surface area (Å²) in [5, 5.41) is 11.0. The molecule has 0 saturated carbocycles. The molecule has 6 nitrogen and oxygen atoms in total. The molecule has 2 aromatic carbocycles. The van der Waals surface area contributed by atoms with Crippen LogP contribution < -0.4 is 9.47 Å². The number of phenols is 1. The molecule has 0 radical (unpaired) electrons. The summed E-state index contributed by atoms with van der Waals surface area (Å²) in [7, 11) is 5.12. The summed E-state index contributed by atoms with van der Waals surface area (Å²) in [6, 6.07) is 9.30. The van der Waals surface area contributed by atoms with Gasteiger partial charge in [-0.15, -0.1) is 0 Å². The summed E-state index contributed by atoms with van der Waals surface area (Å²) in [4.78, 5) is 17.5. The Morgan fingerprint density at radius 1 is 1.13 bits per heavy atom. The highest BCUT2D eigenvalue weighted by molar-refractivity contribution is 9.10. The van der Waals surface area contributed by atoms with Gasteiger partial charge in [0.05, 0.1) is 19.8 Å². The summed E-state index contributed by atoms with van der Waals surface area (Å²) in [5.41, 5.74) is 1.62. The van der Waals surface area contributed by atoms with Crippen molar-refractivity contribution in [1.82, 2.24) is 9.80 Å². The second kappa shape index (κ2) is 10.1. The Balaban J connectivity index is 1.93. The number of likely N-dealkylation sites (N-methyl/N-ethyl adjacent to an activating group) is 1. The zero-order chi connectivity index (χ0) is 21.7. The molecule has 2 aromatic rings. The number of halogens is 1. The molecule has 1 heterocycles. The molecule has 7 heteroatoms. The fourth-order valence-corrected chi connectivity index (χ4v) is 3.91. The summed E-state index contributed by atoms with van der Waals surface area (Å²) in [6.07, 6.45) is 3.17. The minimum atomic E-state index is -0.327. The van der Waals surface area contributed by atoms with E-state index in [2.05, 4.69) is 32.8 Å². The van der Waals surface area contributed by atoms with Crippen LogP contribution in [0.15, 0.2) is 40.9 Å². The molecule has 30 heavy (non-hydrogen) atoms. The van der Waals surface area contributed by atoms with E-state index < -0.39 is 0 Å². The second-order valence-electron chi connectivity index (χ2n) is 7.32. The molecule has 0 aliphatic carbocycles. The highest BCUT2D eigenvalue weighted by Gasteiger charge is 2.25. The van der Waals surface area contributed by atoms with Crippen LogP contribution in [0.25, 0.3) is 6.08 Å². The number of carbonyl (C=O) groups is 1. The van der Waals surface area contributed by atoms with Gasteiger partial charge < -0.3 is 19.5 Å². The lowest BCUT2D eigenvalue weighted by Gasteiger charge is -2.33. The zero-order valence-electron chi connectivity index (χ0n) is 17.5. The smallest absolute Gasteiger partial charge is 0.193 e. The number of hydrogen-bond acceptors (Lipinski definition) is 6. The molecule has 160 valence electrons. The fraction of sp³-hybridized carbons (Fsp3) is 0.348. The second-order valence-corrected chi connectivity index (χ2v) is 8.23. The number of aromatic hydroxyl groups is 1. The minimum absolute atomic E-state index is 0.0889. The Labute approximate surface area is 185 Å². The summed E-state index contributed by atoms with van der Waals surface area (Å²) >= 11 is 3.42. The summed E-state index contributed by atoms with van der Waals surface area (Å²) in [6.45, 7) is 4.19. The third kappa shape index (κ3) is 5.22. The van der Waals surface area contributed by atoms with Gasteiger partial charge in [0.1, 0.15) is 22.8 Å². The number of ether oxygens (including phenoxy) is 2. The maximum absolute atomic E-state index is 13.0. The predicted molar refractivity (Wildman–Crippen MR) is 121 cm³/mol. The molecule has 1 N–H and O–H groups in total.